The molecule has 1 aliphatic rings. The standard InChI is InChI=1S/C15H26N4/c1-17(2)7-4-8-18-9-11-19(12-10-18)15-6-3-5-14(16)13-15/h3,5-6,13H,4,7-12,16H2,1-2H3. The van der Waals surface area contributed by atoms with Crippen LogP contribution in [0.4, 0.5) is 11.4 Å². The Kier molecular flexibility index (Phi) is 5.05. The Morgan fingerprint density at radius 1 is 1.16 bits per heavy atom. The number of nitrogens with two attached hydrogens (primary N) is 1. The lowest BCUT2D eigenvalue weighted by Crippen LogP contribution is -2.46. The second-order valence-corrected chi connectivity index (χ2v) is 5.58. The Bertz CT molecular complexity index is 383. The van der Waals surface area contributed by atoms with Crippen LogP contribution in [0.1, 0.15) is 6.42 Å². The molecule has 0 radical (unpaired) electrons. The van der Waals surface area contributed by atoms with Crippen molar-refractivity contribution in [2.24, 2.45) is 0 Å². The molecular weight excluding hydrogens is 236 g/mol. The molecule has 19 heavy (non-hydrogen) atoms. The maximum absolute atomic E-state index is 5.84. The van der Waals surface area contributed by atoms with Crippen LogP contribution in [-0.4, -0.2) is 63.2 Å². The lowest BCUT2D eigenvalue weighted by Gasteiger charge is -2.36. The number of hydrogen-bond acceptors (Lipinski definition) is 4. The highest BCUT2D eigenvalue weighted by molar-refractivity contribution is 5.56. The summed E-state index contributed by atoms with van der Waals surface area (Å²) in [6, 6.07) is 8.20. The van der Waals surface area contributed by atoms with Crippen LogP contribution in [0.15, 0.2) is 24.3 Å². The van der Waals surface area contributed by atoms with Crippen LogP contribution >= 0.6 is 0 Å². The van der Waals surface area contributed by atoms with Crippen molar-refractivity contribution in [3.8, 4) is 0 Å². The first kappa shape index (κ1) is 14.2. The summed E-state index contributed by atoms with van der Waals surface area (Å²) >= 11 is 0. The molecule has 106 valence electrons. The van der Waals surface area contributed by atoms with Gasteiger partial charge in [-0.2, -0.15) is 0 Å². The molecule has 0 bridgehead atoms. The molecule has 0 spiro atoms. The third-order valence-electron chi connectivity index (χ3n) is 3.69. The third kappa shape index (κ3) is 4.40. The van der Waals surface area contributed by atoms with Crippen LogP contribution in [0.2, 0.25) is 0 Å². The van der Waals surface area contributed by atoms with Crippen LogP contribution in [0, 0.1) is 0 Å². The smallest absolute Gasteiger partial charge is 0.0387 e. The van der Waals surface area contributed by atoms with Gasteiger partial charge in [0.15, 0.2) is 0 Å². The molecule has 1 fully saturated rings. The van der Waals surface area contributed by atoms with Gasteiger partial charge in [0.25, 0.3) is 0 Å². The molecule has 2 rings (SSSR count). The van der Waals surface area contributed by atoms with Crippen molar-refractivity contribution in [3.05, 3.63) is 24.3 Å². The first-order valence-corrected chi connectivity index (χ1v) is 7.13. The average molecular weight is 262 g/mol. The summed E-state index contributed by atoms with van der Waals surface area (Å²) in [6.07, 6.45) is 1.26. The third-order valence-corrected chi connectivity index (χ3v) is 3.69. The first-order valence-electron chi connectivity index (χ1n) is 7.13. The number of benzene rings is 1. The molecule has 1 heterocycles. The van der Waals surface area contributed by atoms with Gasteiger partial charge in [0, 0.05) is 37.6 Å². The minimum Gasteiger partial charge on any atom is -0.399 e. The topological polar surface area (TPSA) is 35.7 Å². The van der Waals surface area contributed by atoms with E-state index in [9.17, 15) is 0 Å². The predicted octanol–water partition coefficient (Wildman–Crippen LogP) is 1.34. The summed E-state index contributed by atoms with van der Waals surface area (Å²) in [5, 5.41) is 0. The molecule has 0 saturated carbocycles. The van der Waals surface area contributed by atoms with Gasteiger partial charge in [-0.3, -0.25) is 4.90 Å². The van der Waals surface area contributed by atoms with E-state index in [0.717, 1.165) is 31.9 Å². The van der Waals surface area contributed by atoms with E-state index in [2.05, 4.69) is 40.9 Å². The maximum Gasteiger partial charge on any atom is 0.0387 e. The molecule has 2 N–H and O–H groups in total. The largest absolute Gasteiger partial charge is 0.399 e. The number of nitrogens with zero attached hydrogens (tertiary/aromatic N) is 3. The molecule has 4 heteroatoms. The van der Waals surface area contributed by atoms with E-state index in [4.69, 9.17) is 5.73 Å². The van der Waals surface area contributed by atoms with Crippen molar-refractivity contribution in [2.75, 3.05) is 64.0 Å². The van der Waals surface area contributed by atoms with Gasteiger partial charge in [0.05, 0.1) is 0 Å². The molecular formula is C15H26N4. The Morgan fingerprint density at radius 2 is 1.89 bits per heavy atom. The van der Waals surface area contributed by atoms with Gasteiger partial charge in [-0.15, -0.1) is 0 Å². The van der Waals surface area contributed by atoms with E-state index in [1.54, 1.807) is 0 Å². The number of hydrogen-bond donors (Lipinski definition) is 1. The van der Waals surface area contributed by atoms with Crippen molar-refractivity contribution in [1.82, 2.24) is 9.80 Å². The number of anilines is 2. The lowest BCUT2D eigenvalue weighted by atomic mass is 10.2. The predicted molar refractivity (Wildman–Crippen MR) is 82.7 cm³/mol. The fourth-order valence-corrected chi connectivity index (χ4v) is 2.56. The lowest BCUT2D eigenvalue weighted by molar-refractivity contribution is 0.242. The normalized spacial score (nSPS) is 17.1. The highest BCUT2D eigenvalue weighted by atomic mass is 15.3. The minimum absolute atomic E-state index is 0.853. The zero-order chi connectivity index (χ0) is 13.7. The van der Waals surface area contributed by atoms with Crippen molar-refractivity contribution in [1.29, 1.82) is 0 Å². The van der Waals surface area contributed by atoms with E-state index >= 15 is 0 Å². The monoisotopic (exact) mass is 262 g/mol. The molecule has 0 unspecified atom stereocenters. The fraction of sp³-hybridized carbons (Fsp3) is 0.600. The summed E-state index contributed by atoms with van der Waals surface area (Å²) in [5.74, 6) is 0. The van der Waals surface area contributed by atoms with Gasteiger partial charge in [0.1, 0.15) is 0 Å². The van der Waals surface area contributed by atoms with Crippen molar-refractivity contribution < 1.29 is 0 Å². The maximum atomic E-state index is 5.84. The summed E-state index contributed by atoms with van der Waals surface area (Å²) in [4.78, 5) is 7.24. The molecule has 4 nitrogen and oxygen atoms in total. The van der Waals surface area contributed by atoms with Crippen LogP contribution in [-0.2, 0) is 0 Å². The van der Waals surface area contributed by atoms with E-state index in [-0.39, 0.29) is 0 Å². The van der Waals surface area contributed by atoms with E-state index in [1.807, 2.05) is 12.1 Å². The summed E-state index contributed by atoms with van der Waals surface area (Å²) < 4.78 is 0. The van der Waals surface area contributed by atoms with Crippen LogP contribution in [0.25, 0.3) is 0 Å². The van der Waals surface area contributed by atoms with Gasteiger partial charge in [-0.25, -0.2) is 0 Å². The van der Waals surface area contributed by atoms with Gasteiger partial charge >= 0.3 is 0 Å². The molecule has 1 aromatic carbocycles. The zero-order valence-corrected chi connectivity index (χ0v) is 12.2. The van der Waals surface area contributed by atoms with Gasteiger partial charge in [-0.1, -0.05) is 6.07 Å². The summed E-state index contributed by atoms with van der Waals surface area (Å²) in [7, 11) is 4.27. The molecule has 0 atom stereocenters. The molecule has 0 aromatic heterocycles. The molecule has 1 aliphatic heterocycles. The Morgan fingerprint density at radius 3 is 2.53 bits per heavy atom. The molecule has 0 aliphatic carbocycles. The fourth-order valence-electron chi connectivity index (χ4n) is 2.56. The second-order valence-electron chi connectivity index (χ2n) is 5.58. The van der Waals surface area contributed by atoms with E-state index < -0.39 is 0 Å². The Labute approximate surface area is 116 Å². The van der Waals surface area contributed by atoms with Crippen LogP contribution < -0.4 is 10.6 Å². The minimum atomic E-state index is 0.853. The number of nitrogen functional groups attached to an aromatic ring is 1. The number of piperazine rings is 1. The van der Waals surface area contributed by atoms with Gasteiger partial charge in [0.2, 0.25) is 0 Å². The second kappa shape index (κ2) is 6.78. The van der Waals surface area contributed by atoms with Gasteiger partial charge in [-0.05, 0) is 51.8 Å². The van der Waals surface area contributed by atoms with Crippen molar-refractivity contribution >= 4 is 11.4 Å². The molecule has 1 saturated heterocycles. The van der Waals surface area contributed by atoms with Gasteiger partial charge < -0.3 is 15.5 Å². The molecule has 0 amide bonds. The van der Waals surface area contributed by atoms with E-state index in [0.29, 0.717) is 0 Å². The number of rotatable bonds is 5. The Hall–Kier alpha value is -1.26. The Balaban J connectivity index is 1.76. The summed E-state index contributed by atoms with van der Waals surface area (Å²) in [6.45, 7) is 6.90. The SMILES string of the molecule is CN(C)CCCN1CCN(c2cccc(N)c2)CC1. The van der Waals surface area contributed by atoms with E-state index in [1.165, 1.54) is 25.2 Å². The quantitative estimate of drug-likeness (QED) is 0.813. The van der Waals surface area contributed by atoms with Crippen LogP contribution in [0.3, 0.4) is 0 Å². The average Bonchev–Trinajstić information content (AvgIpc) is 2.39. The first-order chi connectivity index (χ1) is 9.15. The summed E-state index contributed by atoms with van der Waals surface area (Å²) in [5.41, 5.74) is 7.95. The highest BCUT2D eigenvalue weighted by Gasteiger charge is 2.16. The zero-order valence-electron chi connectivity index (χ0n) is 12.2. The van der Waals surface area contributed by atoms with Crippen molar-refractivity contribution in [3.63, 3.8) is 0 Å². The molecule has 1 aromatic rings. The highest BCUT2D eigenvalue weighted by Crippen LogP contribution is 2.19. The van der Waals surface area contributed by atoms with Crippen molar-refractivity contribution in [2.45, 2.75) is 6.42 Å². The van der Waals surface area contributed by atoms with Crippen LogP contribution in [0.5, 0.6) is 0 Å².